The second-order valence-corrected chi connectivity index (χ2v) is 7.11. The van der Waals surface area contributed by atoms with Crippen LogP contribution in [0.15, 0.2) is 66.7 Å². The molecule has 0 unspecified atom stereocenters. The van der Waals surface area contributed by atoms with E-state index in [2.05, 4.69) is 12.1 Å². The number of nitrogens with zero attached hydrogens (tertiary/aromatic N) is 1. The van der Waals surface area contributed by atoms with Crippen LogP contribution >= 0.6 is 0 Å². The van der Waals surface area contributed by atoms with Crippen molar-refractivity contribution in [2.45, 2.75) is 6.42 Å². The highest BCUT2D eigenvalue weighted by molar-refractivity contribution is 5.85. The van der Waals surface area contributed by atoms with Crippen molar-refractivity contribution in [2.75, 3.05) is 28.4 Å². The molecule has 1 aromatic heterocycles. The summed E-state index contributed by atoms with van der Waals surface area (Å²) in [7, 11) is 6.56. The molecule has 0 amide bonds. The topological polar surface area (TPSA) is 49.8 Å². The maximum atomic E-state index is 5.52. The lowest BCUT2D eigenvalue weighted by Gasteiger charge is -2.15. The molecule has 31 heavy (non-hydrogen) atoms. The summed E-state index contributed by atoms with van der Waals surface area (Å²) in [5, 5.41) is 1.09. The Morgan fingerprint density at radius 2 is 1.29 bits per heavy atom. The van der Waals surface area contributed by atoms with Crippen molar-refractivity contribution in [3.63, 3.8) is 0 Å². The summed E-state index contributed by atoms with van der Waals surface area (Å²) >= 11 is 0. The van der Waals surface area contributed by atoms with Gasteiger partial charge in [-0.15, -0.1) is 0 Å². The zero-order valence-corrected chi connectivity index (χ0v) is 18.1. The van der Waals surface area contributed by atoms with E-state index in [0.29, 0.717) is 29.4 Å². The molecule has 5 heteroatoms. The van der Waals surface area contributed by atoms with Gasteiger partial charge in [0.2, 0.25) is 0 Å². The summed E-state index contributed by atoms with van der Waals surface area (Å²) < 4.78 is 21.8. The van der Waals surface area contributed by atoms with Crippen LogP contribution in [0.25, 0.3) is 22.0 Å². The monoisotopic (exact) mass is 415 g/mol. The normalized spacial score (nSPS) is 10.7. The van der Waals surface area contributed by atoms with Crippen molar-refractivity contribution in [3.8, 4) is 34.1 Å². The van der Waals surface area contributed by atoms with E-state index in [1.54, 1.807) is 28.4 Å². The van der Waals surface area contributed by atoms with Gasteiger partial charge >= 0.3 is 0 Å². The van der Waals surface area contributed by atoms with Crippen molar-refractivity contribution >= 4 is 10.9 Å². The van der Waals surface area contributed by atoms with Gasteiger partial charge in [-0.3, -0.25) is 4.98 Å². The highest BCUT2D eigenvalue weighted by Gasteiger charge is 2.14. The van der Waals surface area contributed by atoms with Crippen LogP contribution in [-0.4, -0.2) is 33.4 Å². The summed E-state index contributed by atoms with van der Waals surface area (Å²) in [6, 6.07) is 22.2. The summed E-state index contributed by atoms with van der Waals surface area (Å²) in [4.78, 5) is 5.00. The number of fused-ring (bicyclic) bond motifs is 1. The number of para-hydroxylation sites is 1. The maximum absolute atomic E-state index is 5.52. The molecule has 0 saturated carbocycles. The third kappa shape index (κ3) is 4.12. The van der Waals surface area contributed by atoms with E-state index in [1.807, 2.05) is 54.6 Å². The van der Waals surface area contributed by atoms with Gasteiger partial charge in [-0.05, 0) is 47.5 Å². The fourth-order valence-corrected chi connectivity index (χ4v) is 3.73. The molecule has 0 fully saturated rings. The van der Waals surface area contributed by atoms with Crippen molar-refractivity contribution in [1.29, 1.82) is 0 Å². The Morgan fingerprint density at radius 3 is 2.00 bits per heavy atom. The number of hydrogen-bond donors (Lipinski definition) is 0. The maximum Gasteiger partial charge on any atom is 0.161 e. The van der Waals surface area contributed by atoms with Crippen LogP contribution < -0.4 is 18.9 Å². The Hall–Kier alpha value is -3.73. The Balaban J connectivity index is 1.85. The van der Waals surface area contributed by atoms with Gasteiger partial charge in [0.05, 0.1) is 39.6 Å². The van der Waals surface area contributed by atoms with E-state index in [4.69, 9.17) is 23.9 Å². The molecule has 0 aliphatic carbocycles. The fourth-order valence-electron chi connectivity index (χ4n) is 3.73. The minimum Gasteiger partial charge on any atom is -0.493 e. The van der Waals surface area contributed by atoms with Crippen LogP contribution in [0.3, 0.4) is 0 Å². The molecule has 4 aromatic rings. The SMILES string of the molecule is COc1ccc(Cc2nc3ccccc3cc2-c2ccc(OC)c(OC)c2)cc1OC. The van der Waals surface area contributed by atoms with E-state index >= 15 is 0 Å². The molecule has 0 bridgehead atoms. The first-order valence-corrected chi connectivity index (χ1v) is 9.98. The van der Waals surface area contributed by atoms with Crippen LogP contribution in [-0.2, 0) is 6.42 Å². The van der Waals surface area contributed by atoms with E-state index in [-0.39, 0.29) is 0 Å². The minimum absolute atomic E-state index is 0.648. The van der Waals surface area contributed by atoms with E-state index in [1.165, 1.54) is 0 Å². The lowest BCUT2D eigenvalue weighted by molar-refractivity contribution is 0.354. The number of hydrogen-bond acceptors (Lipinski definition) is 5. The summed E-state index contributed by atoms with van der Waals surface area (Å²) in [6.45, 7) is 0. The van der Waals surface area contributed by atoms with E-state index in [9.17, 15) is 0 Å². The van der Waals surface area contributed by atoms with E-state index < -0.39 is 0 Å². The largest absolute Gasteiger partial charge is 0.493 e. The predicted octanol–water partition coefficient (Wildman–Crippen LogP) is 5.53. The Morgan fingerprint density at radius 1 is 0.645 bits per heavy atom. The van der Waals surface area contributed by atoms with Crippen molar-refractivity contribution in [2.24, 2.45) is 0 Å². The molecule has 4 rings (SSSR count). The van der Waals surface area contributed by atoms with Gasteiger partial charge in [-0.1, -0.05) is 30.3 Å². The Kier molecular flexibility index (Phi) is 5.94. The lowest BCUT2D eigenvalue weighted by Crippen LogP contribution is -1.99. The average molecular weight is 415 g/mol. The minimum atomic E-state index is 0.648. The zero-order chi connectivity index (χ0) is 21.8. The molecule has 3 aromatic carbocycles. The third-order valence-corrected chi connectivity index (χ3v) is 5.32. The van der Waals surface area contributed by atoms with Crippen molar-refractivity contribution in [1.82, 2.24) is 4.98 Å². The predicted molar refractivity (Wildman–Crippen MR) is 123 cm³/mol. The van der Waals surface area contributed by atoms with Gasteiger partial charge in [0, 0.05) is 17.4 Å². The molecule has 0 aliphatic heterocycles. The highest BCUT2D eigenvalue weighted by atomic mass is 16.5. The smallest absolute Gasteiger partial charge is 0.161 e. The molecule has 0 spiro atoms. The fraction of sp³-hybridized carbons (Fsp3) is 0.192. The van der Waals surface area contributed by atoms with Crippen LogP contribution in [0.4, 0.5) is 0 Å². The molecular weight excluding hydrogens is 390 g/mol. The van der Waals surface area contributed by atoms with Gasteiger partial charge in [-0.25, -0.2) is 0 Å². The number of benzene rings is 3. The molecule has 158 valence electrons. The molecule has 5 nitrogen and oxygen atoms in total. The first kappa shape index (κ1) is 20.5. The number of aromatic nitrogens is 1. The van der Waals surface area contributed by atoms with Crippen LogP contribution in [0.1, 0.15) is 11.3 Å². The number of ether oxygens (including phenoxy) is 4. The number of rotatable bonds is 7. The Labute approximate surface area is 182 Å². The van der Waals surface area contributed by atoms with Gasteiger partial charge in [0.15, 0.2) is 23.0 Å². The summed E-state index contributed by atoms with van der Waals surface area (Å²) in [6.07, 6.45) is 0.648. The molecule has 0 aliphatic rings. The number of methoxy groups -OCH3 is 4. The average Bonchev–Trinajstić information content (AvgIpc) is 2.83. The Bertz CT molecular complexity index is 1220. The van der Waals surface area contributed by atoms with Gasteiger partial charge in [0.25, 0.3) is 0 Å². The van der Waals surface area contributed by atoms with Crippen LogP contribution in [0, 0.1) is 0 Å². The quantitative estimate of drug-likeness (QED) is 0.397. The van der Waals surface area contributed by atoms with Crippen molar-refractivity contribution in [3.05, 3.63) is 78.0 Å². The molecule has 0 saturated heterocycles. The van der Waals surface area contributed by atoms with Gasteiger partial charge < -0.3 is 18.9 Å². The second kappa shape index (κ2) is 8.96. The first-order valence-electron chi connectivity index (χ1n) is 9.98. The summed E-state index contributed by atoms with van der Waals surface area (Å²) in [5.41, 5.74) is 5.09. The second-order valence-electron chi connectivity index (χ2n) is 7.11. The van der Waals surface area contributed by atoms with Crippen LogP contribution in [0.2, 0.25) is 0 Å². The third-order valence-electron chi connectivity index (χ3n) is 5.32. The van der Waals surface area contributed by atoms with Crippen molar-refractivity contribution < 1.29 is 18.9 Å². The molecular formula is C26H25NO4. The molecule has 1 heterocycles. The zero-order valence-electron chi connectivity index (χ0n) is 18.1. The summed E-state index contributed by atoms with van der Waals surface area (Å²) in [5.74, 6) is 2.79. The molecule has 0 N–H and O–H groups in total. The standard InChI is InChI=1S/C26H25NO4/c1-28-23-11-9-17(14-25(23)30-3)13-22-20(15-19-7-5-6-8-21(19)27-22)18-10-12-24(29-2)26(16-18)31-4/h5-12,14-16H,13H2,1-4H3. The lowest BCUT2D eigenvalue weighted by atomic mass is 9.97. The first-order chi connectivity index (χ1) is 15.2. The van der Waals surface area contributed by atoms with Crippen LogP contribution in [0.5, 0.6) is 23.0 Å². The molecule has 0 atom stereocenters. The van der Waals surface area contributed by atoms with Gasteiger partial charge in [-0.2, -0.15) is 0 Å². The van der Waals surface area contributed by atoms with E-state index in [0.717, 1.165) is 33.3 Å². The highest BCUT2D eigenvalue weighted by Crippen LogP contribution is 2.36. The number of pyridine rings is 1. The van der Waals surface area contributed by atoms with Gasteiger partial charge in [0.1, 0.15) is 0 Å². The molecule has 0 radical (unpaired) electrons.